The standard InChI is InChI=1S/C16H19NO4S/c18-15-3-1-12(2-4-15)13-5-8-17(9-6-13)16(19)14-7-10-22(20,21)11-14/h1-5,14,18H,6-11H2/t14-/m0/s1. The van der Waals surface area contributed by atoms with E-state index >= 15 is 0 Å². The number of hydrogen-bond donors (Lipinski definition) is 1. The predicted octanol–water partition coefficient (Wildman–Crippen LogP) is 1.44. The van der Waals surface area contributed by atoms with Gasteiger partial charge in [-0.15, -0.1) is 0 Å². The van der Waals surface area contributed by atoms with Crippen molar-refractivity contribution in [1.29, 1.82) is 0 Å². The molecule has 1 N–H and O–H groups in total. The van der Waals surface area contributed by atoms with Crippen molar-refractivity contribution < 1.29 is 18.3 Å². The van der Waals surface area contributed by atoms with Gasteiger partial charge in [0.2, 0.25) is 5.91 Å². The molecule has 2 aliphatic heterocycles. The molecule has 0 unspecified atom stereocenters. The van der Waals surface area contributed by atoms with Gasteiger partial charge in [-0.2, -0.15) is 0 Å². The number of rotatable bonds is 2. The number of phenols is 1. The summed E-state index contributed by atoms with van der Waals surface area (Å²) in [7, 11) is -3.02. The van der Waals surface area contributed by atoms with E-state index in [1.807, 2.05) is 18.2 Å². The molecule has 22 heavy (non-hydrogen) atoms. The van der Waals surface area contributed by atoms with Gasteiger partial charge in [0.15, 0.2) is 9.84 Å². The maximum Gasteiger partial charge on any atom is 0.227 e. The average molecular weight is 321 g/mol. The van der Waals surface area contributed by atoms with Gasteiger partial charge in [0.25, 0.3) is 0 Å². The Morgan fingerprint density at radius 3 is 2.50 bits per heavy atom. The zero-order chi connectivity index (χ0) is 15.7. The van der Waals surface area contributed by atoms with E-state index in [-0.39, 0.29) is 29.1 Å². The Balaban J connectivity index is 1.66. The Morgan fingerprint density at radius 1 is 1.23 bits per heavy atom. The van der Waals surface area contributed by atoms with Crippen LogP contribution in [-0.2, 0) is 14.6 Å². The van der Waals surface area contributed by atoms with Crippen molar-refractivity contribution in [1.82, 2.24) is 4.90 Å². The zero-order valence-electron chi connectivity index (χ0n) is 12.2. The maximum atomic E-state index is 12.4. The van der Waals surface area contributed by atoms with Gasteiger partial charge in [-0.25, -0.2) is 8.42 Å². The molecular weight excluding hydrogens is 302 g/mol. The first kappa shape index (κ1) is 15.1. The van der Waals surface area contributed by atoms with Gasteiger partial charge in [-0.3, -0.25) is 4.79 Å². The third-order valence-electron chi connectivity index (χ3n) is 4.34. The van der Waals surface area contributed by atoms with Gasteiger partial charge < -0.3 is 10.0 Å². The smallest absolute Gasteiger partial charge is 0.227 e. The summed E-state index contributed by atoms with van der Waals surface area (Å²) < 4.78 is 23.0. The summed E-state index contributed by atoms with van der Waals surface area (Å²) in [5.41, 5.74) is 2.21. The minimum Gasteiger partial charge on any atom is -0.508 e. The molecule has 2 heterocycles. The number of amides is 1. The fraction of sp³-hybridized carbons (Fsp3) is 0.438. The maximum absolute atomic E-state index is 12.4. The minimum absolute atomic E-state index is 0.00311. The summed E-state index contributed by atoms with van der Waals surface area (Å²) in [6.45, 7) is 1.13. The van der Waals surface area contributed by atoms with Crippen LogP contribution < -0.4 is 0 Å². The Bertz CT molecular complexity index is 706. The normalized spacial score (nSPS) is 24.1. The van der Waals surface area contributed by atoms with Crippen LogP contribution in [0, 0.1) is 5.92 Å². The highest BCUT2D eigenvalue weighted by Gasteiger charge is 2.35. The van der Waals surface area contributed by atoms with E-state index in [9.17, 15) is 18.3 Å². The third-order valence-corrected chi connectivity index (χ3v) is 6.11. The summed E-state index contributed by atoms with van der Waals surface area (Å²) in [5.74, 6) is -0.0435. The Morgan fingerprint density at radius 2 is 1.95 bits per heavy atom. The molecule has 0 aromatic heterocycles. The Hall–Kier alpha value is -1.82. The van der Waals surface area contributed by atoms with Crippen LogP contribution >= 0.6 is 0 Å². The SMILES string of the molecule is O=C([C@H]1CCS(=O)(=O)C1)N1CC=C(c2ccc(O)cc2)CC1. The molecule has 3 rings (SSSR count). The van der Waals surface area contributed by atoms with Crippen molar-refractivity contribution >= 4 is 21.3 Å². The summed E-state index contributed by atoms with van der Waals surface area (Å²) >= 11 is 0. The van der Waals surface area contributed by atoms with Crippen molar-refractivity contribution in [3.8, 4) is 5.75 Å². The molecule has 5 nitrogen and oxygen atoms in total. The van der Waals surface area contributed by atoms with Crippen molar-refractivity contribution in [2.75, 3.05) is 24.6 Å². The molecule has 1 fully saturated rings. The van der Waals surface area contributed by atoms with Gasteiger partial charge in [0, 0.05) is 13.1 Å². The molecule has 1 aromatic carbocycles. The lowest BCUT2D eigenvalue weighted by Crippen LogP contribution is -2.39. The van der Waals surface area contributed by atoms with Crippen molar-refractivity contribution in [3.63, 3.8) is 0 Å². The van der Waals surface area contributed by atoms with Crippen molar-refractivity contribution in [2.45, 2.75) is 12.8 Å². The zero-order valence-corrected chi connectivity index (χ0v) is 13.1. The molecule has 0 saturated carbocycles. The molecule has 1 saturated heterocycles. The fourth-order valence-corrected chi connectivity index (χ4v) is 4.79. The van der Waals surface area contributed by atoms with E-state index in [4.69, 9.17) is 0 Å². The number of hydrogen-bond acceptors (Lipinski definition) is 4. The molecule has 0 radical (unpaired) electrons. The van der Waals surface area contributed by atoms with Crippen LogP contribution in [0.15, 0.2) is 30.3 Å². The van der Waals surface area contributed by atoms with E-state index in [0.717, 1.165) is 17.6 Å². The number of carbonyl (C=O) groups is 1. The topological polar surface area (TPSA) is 74.7 Å². The van der Waals surface area contributed by atoms with Crippen LogP contribution in [0.4, 0.5) is 0 Å². The highest BCUT2D eigenvalue weighted by molar-refractivity contribution is 7.91. The highest BCUT2D eigenvalue weighted by Crippen LogP contribution is 2.26. The largest absolute Gasteiger partial charge is 0.508 e. The summed E-state index contributed by atoms with van der Waals surface area (Å²) in [5, 5.41) is 9.31. The second-order valence-electron chi connectivity index (χ2n) is 5.91. The first-order valence-corrected chi connectivity index (χ1v) is 9.24. The molecule has 1 atom stereocenters. The number of carbonyl (C=O) groups excluding carboxylic acids is 1. The van der Waals surface area contributed by atoms with Gasteiger partial charge in [-0.1, -0.05) is 18.2 Å². The Kier molecular flexibility index (Phi) is 3.95. The van der Waals surface area contributed by atoms with Crippen LogP contribution in [0.2, 0.25) is 0 Å². The van der Waals surface area contributed by atoms with E-state index in [0.29, 0.717) is 19.5 Å². The highest BCUT2D eigenvalue weighted by atomic mass is 32.2. The van der Waals surface area contributed by atoms with Crippen LogP contribution in [0.1, 0.15) is 18.4 Å². The average Bonchev–Trinajstić information content (AvgIpc) is 2.88. The van der Waals surface area contributed by atoms with E-state index in [1.165, 1.54) is 0 Å². The molecule has 0 bridgehead atoms. The number of phenolic OH excluding ortho intramolecular Hbond substituents is 1. The van der Waals surface area contributed by atoms with Crippen molar-refractivity contribution in [3.05, 3.63) is 35.9 Å². The van der Waals surface area contributed by atoms with Crippen LogP contribution in [0.25, 0.3) is 5.57 Å². The van der Waals surface area contributed by atoms with Gasteiger partial charge >= 0.3 is 0 Å². The van der Waals surface area contributed by atoms with Crippen LogP contribution in [0.3, 0.4) is 0 Å². The quantitative estimate of drug-likeness (QED) is 0.894. The molecule has 2 aliphatic rings. The van der Waals surface area contributed by atoms with Gasteiger partial charge in [0.05, 0.1) is 17.4 Å². The molecule has 1 amide bonds. The van der Waals surface area contributed by atoms with Gasteiger partial charge in [0.1, 0.15) is 5.75 Å². The van der Waals surface area contributed by atoms with E-state index in [1.54, 1.807) is 17.0 Å². The second-order valence-corrected chi connectivity index (χ2v) is 8.14. The van der Waals surface area contributed by atoms with Crippen molar-refractivity contribution in [2.24, 2.45) is 5.92 Å². The van der Waals surface area contributed by atoms with E-state index < -0.39 is 9.84 Å². The monoisotopic (exact) mass is 321 g/mol. The molecule has 118 valence electrons. The van der Waals surface area contributed by atoms with E-state index in [2.05, 4.69) is 0 Å². The second kappa shape index (κ2) is 5.76. The molecular formula is C16H19NO4S. The number of nitrogens with zero attached hydrogens (tertiary/aromatic N) is 1. The summed E-state index contributed by atoms with van der Waals surface area (Å²) in [4.78, 5) is 14.1. The number of benzene rings is 1. The number of sulfone groups is 1. The molecule has 0 spiro atoms. The lowest BCUT2D eigenvalue weighted by Gasteiger charge is -2.28. The summed E-state index contributed by atoms with van der Waals surface area (Å²) in [6, 6.07) is 7.03. The Labute approximate surface area is 130 Å². The lowest BCUT2D eigenvalue weighted by molar-refractivity contribution is -0.134. The number of aromatic hydroxyl groups is 1. The predicted molar refractivity (Wildman–Crippen MR) is 84.0 cm³/mol. The fourth-order valence-electron chi connectivity index (χ4n) is 3.05. The van der Waals surface area contributed by atoms with Gasteiger partial charge in [-0.05, 0) is 36.1 Å². The van der Waals surface area contributed by atoms with Crippen LogP contribution in [-0.4, -0.2) is 48.9 Å². The summed E-state index contributed by atoms with van der Waals surface area (Å²) in [6.07, 6.45) is 3.21. The molecule has 6 heteroatoms. The molecule has 1 aromatic rings. The first-order chi connectivity index (χ1) is 10.4. The van der Waals surface area contributed by atoms with Crippen LogP contribution in [0.5, 0.6) is 5.75 Å². The molecule has 0 aliphatic carbocycles. The lowest BCUT2D eigenvalue weighted by atomic mass is 9.98. The minimum atomic E-state index is -3.02. The first-order valence-electron chi connectivity index (χ1n) is 7.42. The third kappa shape index (κ3) is 3.16.